The second kappa shape index (κ2) is 12.0. The molecule has 216 valence electrons. The molecule has 1 saturated heterocycles. The van der Waals surface area contributed by atoms with Crippen LogP contribution in [0, 0.1) is 13.8 Å². The van der Waals surface area contributed by atoms with Gasteiger partial charge in [0.15, 0.2) is 0 Å². The van der Waals surface area contributed by atoms with Crippen LogP contribution < -0.4 is 16.6 Å². The fourth-order valence-corrected chi connectivity index (χ4v) is 5.34. The third-order valence-electron chi connectivity index (χ3n) is 7.90. The molecule has 0 spiro atoms. The summed E-state index contributed by atoms with van der Waals surface area (Å²) in [6, 6.07) is 11.4. The fourth-order valence-electron chi connectivity index (χ4n) is 5.34. The van der Waals surface area contributed by atoms with Crippen molar-refractivity contribution in [1.82, 2.24) is 14.5 Å². The molecular formula is C30H37F3N4O3. The molecule has 2 aromatic carbocycles. The van der Waals surface area contributed by atoms with Gasteiger partial charge in [-0.25, -0.2) is 4.79 Å². The molecule has 0 atom stereocenters. The summed E-state index contributed by atoms with van der Waals surface area (Å²) in [6.07, 6.45) is -1.56. The number of benzene rings is 2. The van der Waals surface area contributed by atoms with Crippen molar-refractivity contribution >= 4 is 11.5 Å². The Kier molecular flexibility index (Phi) is 8.90. The quantitative estimate of drug-likeness (QED) is 0.313. The zero-order valence-corrected chi connectivity index (χ0v) is 23.2. The first-order chi connectivity index (χ1) is 18.9. The third kappa shape index (κ3) is 6.85. The van der Waals surface area contributed by atoms with Gasteiger partial charge in [0, 0.05) is 31.4 Å². The molecule has 0 amide bonds. The highest BCUT2D eigenvalue weighted by Crippen LogP contribution is 2.38. The van der Waals surface area contributed by atoms with E-state index in [2.05, 4.69) is 22.1 Å². The van der Waals surface area contributed by atoms with Gasteiger partial charge >= 0.3 is 11.9 Å². The molecule has 0 saturated carbocycles. The number of aryl methyl sites for hydroxylation is 3. The van der Waals surface area contributed by atoms with Crippen LogP contribution in [0.5, 0.6) is 0 Å². The van der Waals surface area contributed by atoms with E-state index in [1.165, 1.54) is 34.8 Å². The highest BCUT2D eigenvalue weighted by molar-refractivity contribution is 5.57. The number of hydrogen-bond acceptors (Lipinski definition) is 5. The smallest absolute Gasteiger partial charge is 0.385 e. The molecule has 1 aromatic heterocycles. The van der Waals surface area contributed by atoms with E-state index < -0.39 is 23.0 Å². The normalized spacial score (nSPS) is 15.8. The standard InChI is InChI=1S/C30H37F3N4O3/c1-4-22-17-24(10-8-20(22)2)34-26-19-27(38)37(28(39)35-26)14-6-5-13-36-15-11-29(40,12-16-36)23-9-7-21(3)25(18-23)30(31,32)33/h7-10,17-19,34,40H,4-6,11-16H2,1-3H3,(H,35,39). The monoisotopic (exact) mass is 558 g/mol. The predicted molar refractivity (Wildman–Crippen MR) is 150 cm³/mol. The first kappa shape index (κ1) is 29.6. The predicted octanol–water partition coefficient (Wildman–Crippen LogP) is 5.24. The third-order valence-corrected chi connectivity index (χ3v) is 7.90. The van der Waals surface area contributed by atoms with E-state index in [-0.39, 0.29) is 17.7 Å². The average molecular weight is 559 g/mol. The Morgan fingerprint density at radius 2 is 1.65 bits per heavy atom. The summed E-state index contributed by atoms with van der Waals surface area (Å²) in [5.41, 5.74) is 0.741. The number of nitrogens with zero attached hydrogens (tertiary/aromatic N) is 2. The molecule has 1 aliphatic rings. The number of hydrogen-bond donors (Lipinski definition) is 3. The first-order valence-corrected chi connectivity index (χ1v) is 13.7. The first-order valence-electron chi connectivity index (χ1n) is 13.7. The van der Waals surface area contributed by atoms with E-state index in [1.807, 2.05) is 25.1 Å². The van der Waals surface area contributed by atoms with Crippen molar-refractivity contribution in [2.24, 2.45) is 0 Å². The van der Waals surface area contributed by atoms with Gasteiger partial charge in [0.05, 0.1) is 11.2 Å². The van der Waals surface area contributed by atoms with E-state index in [4.69, 9.17) is 0 Å². The average Bonchev–Trinajstić information content (AvgIpc) is 2.89. The number of aliphatic hydroxyl groups is 1. The Balaban J connectivity index is 1.28. The van der Waals surface area contributed by atoms with Crippen LogP contribution in [-0.4, -0.2) is 39.2 Å². The molecule has 2 heterocycles. The number of nitrogens with one attached hydrogen (secondary N) is 2. The second-order valence-corrected chi connectivity index (χ2v) is 10.7. The van der Waals surface area contributed by atoms with Gasteiger partial charge in [-0.1, -0.05) is 25.1 Å². The number of likely N-dealkylation sites (tertiary alicyclic amines) is 1. The molecule has 1 aliphatic heterocycles. The summed E-state index contributed by atoms with van der Waals surface area (Å²) >= 11 is 0. The molecule has 40 heavy (non-hydrogen) atoms. The zero-order valence-electron chi connectivity index (χ0n) is 23.2. The Bertz CT molecular complexity index is 1420. The maximum Gasteiger partial charge on any atom is 0.416 e. The van der Waals surface area contributed by atoms with Gasteiger partial charge in [-0.05, 0) is 92.9 Å². The topological polar surface area (TPSA) is 90.4 Å². The van der Waals surface area contributed by atoms with Gasteiger partial charge in [0.2, 0.25) is 0 Å². The molecule has 4 rings (SSSR count). The summed E-state index contributed by atoms with van der Waals surface area (Å²) in [5.74, 6) is 0.342. The molecule has 7 nitrogen and oxygen atoms in total. The van der Waals surface area contributed by atoms with Crippen LogP contribution in [0.25, 0.3) is 0 Å². The lowest BCUT2D eigenvalue weighted by Gasteiger charge is -2.39. The fraction of sp³-hybridized carbons (Fsp3) is 0.467. The van der Waals surface area contributed by atoms with Gasteiger partial charge in [-0.2, -0.15) is 13.2 Å². The molecule has 3 aromatic rings. The van der Waals surface area contributed by atoms with Crippen molar-refractivity contribution < 1.29 is 18.3 Å². The molecule has 0 bridgehead atoms. The van der Waals surface area contributed by atoms with Crippen molar-refractivity contribution in [3.63, 3.8) is 0 Å². The maximum absolute atomic E-state index is 13.3. The minimum atomic E-state index is -4.46. The number of aromatic amines is 1. The molecule has 10 heteroatoms. The summed E-state index contributed by atoms with van der Waals surface area (Å²) in [7, 11) is 0. The van der Waals surface area contributed by atoms with Crippen molar-refractivity contribution in [1.29, 1.82) is 0 Å². The molecule has 0 aliphatic carbocycles. The summed E-state index contributed by atoms with van der Waals surface area (Å²) in [6.45, 7) is 7.61. The van der Waals surface area contributed by atoms with E-state index in [0.717, 1.165) is 24.6 Å². The van der Waals surface area contributed by atoms with Gasteiger partial charge < -0.3 is 15.3 Å². The Labute approximate surface area is 231 Å². The number of anilines is 2. The summed E-state index contributed by atoms with van der Waals surface area (Å²) in [5, 5.41) is 14.2. The van der Waals surface area contributed by atoms with Crippen LogP contribution in [0.3, 0.4) is 0 Å². The number of alkyl halides is 3. The number of piperidine rings is 1. The highest BCUT2D eigenvalue weighted by Gasteiger charge is 2.37. The van der Waals surface area contributed by atoms with Crippen molar-refractivity contribution in [3.8, 4) is 0 Å². The lowest BCUT2D eigenvalue weighted by atomic mass is 9.83. The molecule has 0 unspecified atom stereocenters. The number of rotatable bonds is 9. The van der Waals surface area contributed by atoms with Crippen LogP contribution >= 0.6 is 0 Å². The maximum atomic E-state index is 13.3. The Morgan fingerprint density at radius 3 is 2.30 bits per heavy atom. The van der Waals surface area contributed by atoms with Gasteiger partial charge in [-0.15, -0.1) is 0 Å². The van der Waals surface area contributed by atoms with Crippen molar-refractivity contribution in [3.05, 3.63) is 91.1 Å². The lowest BCUT2D eigenvalue weighted by molar-refractivity contribution is -0.138. The largest absolute Gasteiger partial charge is 0.416 e. The van der Waals surface area contributed by atoms with Crippen molar-refractivity contribution in [2.75, 3.05) is 25.0 Å². The van der Waals surface area contributed by atoms with Crippen LogP contribution in [0.2, 0.25) is 0 Å². The van der Waals surface area contributed by atoms with Crippen molar-refractivity contribution in [2.45, 2.75) is 71.2 Å². The number of H-pyrrole nitrogens is 1. The van der Waals surface area contributed by atoms with Crippen LogP contribution in [0.1, 0.15) is 60.4 Å². The number of unbranched alkanes of at least 4 members (excludes halogenated alkanes) is 1. The molecule has 3 N–H and O–H groups in total. The lowest BCUT2D eigenvalue weighted by Crippen LogP contribution is -2.43. The highest BCUT2D eigenvalue weighted by atomic mass is 19.4. The molecule has 0 radical (unpaired) electrons. The Hall–Kier alpha value is -3.37. The molecule has 1 fully saturated rings. The van der Waals surface area contributed by atoms with Gasteiger partial charge in [0.1, 0.15) is 5.82 Å². The SMILES string of the molecule is CCc1cc(Nc2cc(=O)n(CCCCN3CCC(O)(c4ccc(C)c(C(F)(F)F)c4)CC3)c(=O)[nH]2)ccc1C. The van der Waals surface area contributed by atoms with E-state index in [1.54, 1.807) is 6.07 Å². The van der Waals surface area contributed by atoms with Gasteiger partial charge in [-0.3, -0.25) is 14.3 Å². The van der Waals surface area contributed by atoms with E-state index in [0.29, 0.717) is 50.3 Å². The minimum absolute atomic E-state index is 0.137. The van der Waals surface area contributed by atoms with Gasteiger partial charge in [0.25, 0.3) is 5.56 Å². The minimum Gasteiger partial charge on any atom is -0.385 e. The Morgan fingerprint density at radius 1 is 0.975 bits per heavy atom. The summed E-state index contributed by atoms with van der Waals surface area (Å²) in [4.78, 5) is 30.1. The van der Waals surface area contributed by atoms with E-state index >= 15 is 0 Å². The number of aromatic nitrogens is 2. The second-order valence-electron chi connectivity index (χ2n) is 10.7. The van der Waals surface area contributed by atoms with Crippen LogP contribution in [0.4, 0.5) is 24.7 Å². The molecular weight excluding hydrogens is 521 g/mol. The van der Waals surface area contributed by atoms with Crippen LogP contribution in [0.15, 0.2) is 52.1 Å². The van der Waals surface area contributed by atoms with E-state index in [9.17, 15) is 27.9 Å². The number of halogens is 3. The zero-order chi connectivity index (χ0) is 29.1. The summed E-state index contributed by atoms with van der Waals surface area (Å²) < 4.78 is 41.2. The van der Waals surface area contributed by atoms with Crippen LogP contribution in [-0.2, 0) is 24.7 Å².